The van der Waals surface area contributed by atoms with Gasteiger partial charge in [0.2, 0.25) is 0 Å². The highest BCUT2D eigenvalue weighted by Gasteiger charge is 2.03. The molecule has 1 rings (SSSR count). The van der Waals surface area contributed by atoms with E-state index in [2.05, 4.69) is 20.9 Å². The fourth-order valence-corrected chi connectivity index (χ4v) is 1.31. The van der Waals surface area contributed by atoms with Crippen LogP contribution in [0, 0.1) is 0 Å². The Labute approximate surface area is 81.1 Å². The predicted molar refractivity (Wildman–Crippen MR) is 52.6 cm³/mol. The van der Waals surface area contributed by atoms with Crippen LogP contribution in [-0.2, 0) is 5.33 Å². The van der Waals surface area contributed by atoms with E-state index in [9.17, 15) is 0 Å². The number of nitrogens with zero attached hydrogens (tertiary/aromatic N) is 1. The maximum atomic E-state index is 5.54. The summed E-state index contributed by atoms with van der Waals surface area (Å²) in [6.45, 7) is 4.01. The van der Waals surface area contributed by atoms with E-state index in [4.69, 9.17) is 4.74 Å². The van der Waals surface area contributed by atoms with Crippen LogP contribution in [0.2, 0.25) is 0 Å². The van der Waals surface area contributed by atoms with Crippen LogP contribution in [0.1, 0.15) is 19.5 Å². The Morgan fingerprint density at radius 2 is 2.33 bits per heavy atom. The highest BCUT2D eigenvalue weighted by molar-refractivity contribution is 9.08. The Kier molecular flexibility index (Phi) is 3.53. The first-order valence-corrected chi connectivity index (χ1v) is 5.02. The van der Waals surface area contributed by atoms with Crippen LogP contribution in [0.5, 0.6) is 5.75 Å². The smallest absolute Gasteiger partial charge is 0.142 e. The molecule has 12 heavy (non-hydrogen) atoms. The van der Waals surface area contributed by atoms with Crippen molar-refractivity contribution in [3.8, 4) is 5.75 Å². The molecule has 0 radical (unpaired) electrons. The van der Waals surface area contributed by atoms with Crippen LogP contribution in [0.25, 0.3) is 0 Å². The number of halogens is 1. The van der Waals surface area contributed by atoms with Crippen LogP contribution >= 0.6 is 15.9 Å². The van der Waals surface area contributed by atoms with Gasteiger partial charge in [0, 0.05) is 11.5 Å². The van der Waals surface area contributed by atoms with Gasteiger partial charge in [-0.25, -0.2) is 0 Å². The zero-order chi connectivity index (χ0) is 8.97. The van der Waals surface area contributed by atoms with Crippen molar-refractivity contribution in [1.82, 2.24) is 4.98 Å². The average Bonchev–Trinajstić information content (AvgIpc) is 2.04. The van der Waals surface area contributed by atoms with E-state index in [1.54, 1.807) is 6.20 Å². The number of hydrogen-bond acceptors (Lipinski definition) is 2. The molecular weight excluding hydrogens is 218 g/mol. The van der Waals surface area contributed by atoms with Gasteiger partial charge < -0.3 is 4.74 Å². The first-order valence-electron chi connectivity index (χ1n) is 3.90. The van der Waals surface area contributed by atoms with Crippen molar-refractivity contribution in [1.29, 1.82) is 0 Å². The fourth-order valence-electron chi connectivity index (χ4n) is 0.885. The lowest BCUT2D eigenvalue weighted by atomic mass is 10.3. The van der Waals surface area contributed by atoms with Gasteiger partial charge in [-0.05, 0) is 26.0 Å². The number of alkyl halides is 1. The molecule has 2 nitrogen and oxygen atoms in total. The molecule has 1 heterocycles. The molecule has 0 bridgehead atoms. The van der Waals surface area contributed by atoms with E-state index in [-0.39, 0.29) is 6.10 Å². The maximum Gasteiger partial charge on any atom is 0.142 e. The number of rotatable bonds is 3. The first kappa shape index (κ1) is 9.52. The van der Waals surface area contributed by atoms with Gasteiger partial charge in [0.05, 0.1) is 11.8 Å². The minimum absolute atomic E-state index is 0.201. The lowest BCUT2D eigenvalue weighted by Gasteiger charge is -2.11. The molecule has 0 aliphatic rings. The van der Waals surface area contributed by atoms with Crippen molar-refractivity contribution in [2.24, 2.45) is 0 Å². The summed E-state index contributed by atoms with van der Waals surface area (Å²) >= 11 is 3.36. The van der Waals surface area contributed by atoms with E-state index in [1.165, 1.54) is 0 Å². The molecule has 0 saturated heterocycles. The molecule has 66 valence electrons. The third-order valence-corrected chi connectivity index (χ3v) is 1.87. The summed E-state index contributed by atoms with van der Waals surface area (Å²) in [5.74, 6) is 0.865. The Morgan fingerprint density at radius 1 is 1.58 bits per heavy atom. The quantitative estimate of drug-likeness (QED) is 0.745. The van der Waals surface area contributed by atoms with Gasteiger partial charge in [-0.2, -0.15) is 0 Å². The minimum atomic E-state index is 0.201. The van der Waals surface area contributed by atoms with Gasteiger partial charge >= 0.3 is 0 Å². The Balaban J connectivity index is 2.82. The van der Waals surface area contributed by atoms with Crippen molar-refractivity contribution in [2.45, 2.75) is 25.3 Å². The summed E-state index contributed by atoms with van der Waals surface area (Å²) in [6, 6.07) is 3.81. The summed E-state index contributed by atoms with van der Waals surface area (Å²) in [5.41, 5.74) is 0.950. The molecule has 0 N–H and O–H groups in total. The Hall–Kier alpha value is -0.570. The molecule has 0 unspecified atom stereocenters. The standard InChI is InChI=1S/C9H12BrNO/c1-7(2)12-9-4-3-5-11-8(9)6-10/h3-5,7H,6H2,1-2H3. The third-order valence-electron chi connectivity index (χ3n) is 1.34. The number of pyridine rings is 1. The Morgan fingerprint density at radius 3 is 2.92 bits per heavy atom. The van der Waals surface area contributed by atoms with Gasteiger partial charge in [0.25, 0.3) is 0 Å². The predicted octanol–water partition coefficient (Wildman–Crippen LogP) is 2.76. The second kappa shape index (κ2) is 4.45. The van der Waals surface area contributed by atoms with Crippen LogP contribution in [-0.4, -0.2) is 11.1 Å². The van der Waals surface area contributed by atoms with Crippen molar-refractivity contribution < 1.29 is 4.74 Å². The highest BCUT2D eigenvalue weighted by Crippen LogP contribution is 2.18. The second-order valence-corrected chi connectivity index (χ2v) is 3.31. The second-order valence-electron chi connectivity index (χ2n) is 2.75. The summed E-state index contributed by atoms with van der Waals surface area (Å²) in [6.07, 6.45) is 1.97. The normalized spacial score (nSPS) is 10.3. The molecular formula is C9H12BrNO. The summed E-state index contributed by atoms with van der Waals surface area (Å²) in [4.78, 5) is 4.18. The summed E-state index contributed by atoms with van der Waals surface area (Å²) < 4.78 is 5.54. The van der Waals surface area contributed by atoms with Gasteiger partial charge in [-0.1, -0.05) is 15.9 Å². The molecule has 1 aromatic rings. The van der Waals surface area contributed by atoms with E-state index >= 15 is 0 Å². The number of ether oxygens (including phenoxy) is 1. The molecule has 1 aromatic heterocycles. The SMILES string of the molecule is CC(C)Oc1cccnc1CBr. The monoisotopic (exact) mass is 229 g/mol. The molecule has 0 spiro atoms. The van der Waals surface area contributed by atoms with E-state index in [0.717, 1.165) is 16.8 Å². The van der Waals surface area contributed by atoms with Gasteiger partial charge in [-0.15, -0.1) is 0 Å². The van der Waals surface area contributed by atoms with Crippen molar-refractivity contribution in [3.05, 3.63) is 24.0 Å². The maximum absolute atomic E-state index is 5.54. The molecule has 0 fully saturated rings. The zero-order valence-electron chi connectivity index (χ0n) is 7.25. The summed E-state index contributed by atoms with van der Waals surface area (Å²) in [5, 5.41) is 0.732. The molecule has 0 aliphatic heterocycles. The third kappa shape index (κ3) is 2.48. The number of aromatic nitrogens is 1. The topological polar surface area (TPSA) is 22.1 Å². The van der Waals surface area contributed by atoms with E-state index < -0.39 is 0 Å². The molecule has 3 heteroatoms. The molecule has 0 aromatic carbocycles. The lowest BCUT2D eigenvalue weighted by molar-refractivity contribution is 0.239. The fraction of sp³-hybridized carbons (Fsp3) is 0.444. The van der Waals surface area contributed by atoms with Gasteiger partial charge in [0.15, 0.2) is 0 Å². The van der Waals surface area contributed by atoms with Crippen molar-refractivity contribution in [2.75, 3.05) is 0 Å². The summed E-state index contributed by atoms with van der Waals surface area (Å²) in [7, 11) is 0. The largest absolute Gasteiger partial charge is 0.489 e. The molecule has 0 aliphatic carbocycles. The van der Waals surface area contributed by atoms with Crippen LogP contribution in [0.4, 0.5) is 0 Å². The zero-order valence-corrected chi connectivity index (χ0v) is 8.84. The average molecular weight is 230 g/mol. The Bertz CT molecular complexity index is 250. The first-order chi connectivity index (χ1) is 5.74. The van der Waals surface area contributed by atoms with E-state index in [0.29, 0.717) is 0 Å². The van der Waals surface area contributed by atoms with Crippen molar-refractivity contribution in [3.63, 3.8) is 0 Å². The highest BCUT2D eigenvalue weighted by atomic mass is 79.9. The van der Waals surface area contributed by atoms with E-state index in [1.807, 2.05) is 26.0 Å². The van der Waals surface area contributed by atoms with Gasteiger partial charge in [0.1, 0.15) is 5.75 Å². The lowest BCUT2D eigenvalue weighted by Crippen LogP contribution is -2.07. The van der Waals surface area contributed by atoms with Gasteiger partial charge in [-0.3, -0.25) is 4.98 Å². The van der Waals surface area contributed by atoms with Crippen LogP contribution in [0.15, 0.2) is 18.3 Å². The molecule has 0 atom stereocenters. The van der Waals surface area contributed by atoms with Crippen molar-refractivity contribution >= 4 is 15.9 Å². The van der Waals surface area contributed by atoms with Crippen LogP contribution < -0.4 is 4.74 Å². The number of hydrogen-bond donors (Lipinski definition) is 0. The molecule has 0 amide bonds. The molecule has 0 saturated carbocycles. The van der Waals surface area contributed by atoms with Crippen LogP contribution in [0.3, 0.4) is 0 Å². The minimum Gasteiger partial charge on any atom is -0.489 e.